The lowest BCUT2D eigenvalue weighted by molar-refractivity contribution is -0.140. The number of carbonyl (C=O) groups is 2. The number of nitrogens with zero attached hydrogens (tertiary/aromatic N) is 1. The van der Waals surface area contributed by atoms with E-state index >= 15 is 0 Å². The van der Waals surface area contributed by atoms with Crippen LogP contribution in [-0.4, -0.2) is 28.0 Å². The molecule has 1 atom stereocenters. The second-order valence-electron chi connectivity index (χ2n) is 3.90. The van der Waals surface area contributed by atoms with Crippen molar-refractivity contribution < 1.29 is 19.1 Å². The van der Waals surface area contributed by atoms with E-state index in [-0.39, 0.29) is 11.5 Å². The van der Waals surface area contributed by atoms with Gasteiger partial charge in [-0.05, 0) is 18.1 Å². The van der Waals surface area contributed by atoms with Crippen LogP contribution in [0.3, 0.4) is 0 Å². The third-order valence-electron chi connectivity index (χ3n) is 2.21. The zero-order chi connectivity index (χ0) is 13.0. The molecule has 1 amide bonds. The number of halogens is 1. The van der Waals surface area contributed by atoms with Gasteiger partial charge in [0.15, 0.2) is 0 Å². The van der Waals surface area contributed by atoms with Crippen LogP contribution in [-0.2, 0) is 4.79 Å². The molecule has 1 heterocycles. The summed E-state index contributed by atoms with van der Waals surface area (Å²) in [6, 6.07) is 1.31. The van der Waals surface area contributed by atoms with Gasteiger partial charge >= 0.3 is 5.97 Å². The Kier molecular flexibility index (Phi) is 4.14. The van der Waals surface area contributed by atoms with Crippen molar-refractivity contribution in [3.05, 3.63) is 29.8 Å². The molecule has 0 fully saturated rings. The summed E-state index contributed by atoms with van der Waals surface area (Å²) in [6.45, 7) is 3.37. The van der Waals surface area contributed by atoms with Gasteiger partial charge in [-0.25, -0.2) is 9.78 Å². The van der Waals surface area contributed by atoms with E-state index in [1.807, 2.05) is 0 Å². The minimum Gasteiger partial charge on any atom is -0.480 e. The molecule has 0 spiro atoms. The topological polar surface area (TPSA) is 79.3 Å². The van der Waals surface area contributed by atoms with Crippen LogP contribution in [0.25, 0.3) is 0 Å². The van der Waals surface area contributed by atoms with Crippen molar-refractivity contribution in [2.75, 3.05) is 0 Å². The molecular weight excluding hydrogens is 227 g/mol. The predicted octanol–water partition coefficient (Wildman–Crippen LogP) is 1.06. The molecule has 92 valence electrons. The van der Waals surface area contributed by atoms with E-state index in [9.17, 15) is 14.0 Å². The predicted molar refractivity (Wildman–Crippen MR) is 57.9 cm³/mol. The van der Waals surface area contributed by atoms with E-state index in [0.29, 0.717) is 0 Å². The number of nitrogens with one attached hydrogen (secondary N) is 1. The lowest BCUT2D eigenvalue weighted by Gasteiger charge is -2.17. The van der Waals surface area contributed by atoms with Gasteiger partial charge in [-0.1, -0.05) is 13.8 Å². The van der Waals surface area contributed by atoms with Crippen molar-refractivity contribution in [1.29, 1.82) is 0 Å². The quantitative estimate of drug-likeness (QED) is 0.771. The first-order valence-corrected chi connectivity index (χ1v) is 5.07. The Labute approximate surface area is 97.7 Å². The average molecular weight is 240 g/mol. The number of hydrogen-bond acceptors (Lipinski definition) is 3. The molecule has 2 N–H and O–H groups in total. The third-order valence-corrected chi connectivity index (χ3v) is 2.21. The Morgan fingerprint density at radius 3 is 2.47 bits per heavy atom. The maximum atomic E-state index is 12.5. The molecule has 0 unspecified atom stereocenters. The largest absolute Gasteiger partial charge is 0.480 e. The third kappa shape index (κ3) is 3.51. The highest BCUT2D eigenvalue weighted by atomic mass is 19.1. The van der Waals surface area contributed by atoms with Gasteiger partial charge in [-0.2, -0.15) is 4.39 Å². The first kappa shape index (κ1) is 13.1. The summed E-state index contributed by atoms with van der Waals surface area (Å²) in [4.78, 5) is 25.8. The standard InChI is InChI=1S/C11H13FN2O3/c1-6(2)9(11(16)17)14-10(15)7-3-4-8(12)13-5-7/h3-6,9H,1-2H3,(H,14,15)(H,16,17)/t9-/m0/s1. The van der Waals surface area contributed by atoms with Crippen molar-refractivity contribution in [3.63, 3.8) is 0 Å². The fourth-order valence-electron chi connectivity index (χ4n) is 1.25. The van der Waals surface area contributed by atoms with Gasteiger partial charge in [0.25, 0.3) is 5.91 Å². The van der Waals surface area contributed by atoms with Gasteiger partial charge in [0.1, 0.15) is 6.04 Å². The van der Waals surface area contributed by atoms with Crippen LogP contribution in [0.15, 0.2) is 18.3 Å². The molecule has 0 aliphatic carbocycles. The maximum Gasteiger partial charge on any atom is 0.326 e. The van der Waals surface area contributed by atoms with Gasteiger partial charge in [-0.3, -0.25) is 4.79 Å². The maximum absolute atomic E-state index is 12.5. The van der Waals surface area contributed by atoms with E-state index in [2.05, 4.69) is 10.3 Å². The summed E-state index contributed by atoms with van der Waals surface area (Å²) in [5.74, 6) is -2.63. The molecule has 0 radical (unpaired) electrons. The lowest BCUT2D eigenvalue weighted by Crippen LogP contribution is -2.44. The summed E-state index contributed by atoms with van der Waals surface area (Å²) in [5, 5.41) is 11.2. The first-order valence-electron chi connectivity index (χ1n) is 5.07. The molecule has 0 aliphatic rings. The second-order valence-corrected chi connectivity index (χ2v) is 3.90. The Balaban J connectivity index is 2.77. The van der Waals surface area contributed by atoms with Crippen LogP contribution in [0.5, 0.6) is 0 Å². The van der Waals surface area contributed by atoms with Crippen LogP contribution >= 0.6 is 0 Å². The van der Waals surface area contributed by atoms with Crippen LogP contribution in [0.4, 0.5) is 4.39 Å². The minimum absolute atomic E-state index is 0.123. The van der Waals surface area contributed by atoms with E-state index in [1.54, 1.807) is 13.8 Å². The molecule has 0 aliphatic heterocycles. The van der Waals surface area contributed by atoms with Gasteiger partial charge in [-0.15, -0.1) is 0 Å². The van der Waals surface area contributed by atoms with E-state index in [1.165, 1.54) is 6.07 Å². The lowest BCUT2D eigenvalue weighted by atomic mass is 10.0. The van der Waals surface area contributed by atoms with Gasteiger partial charge in [0.2, 0.25) is 5.95 Å². The van der Waals surface area contributed by atoms with Crippen LogP contribution in [0.1, 0.15) is 24.2 Å². The Morgan fingerprint density at radius 1 is 1.41 bits per heavy atom. The van der Waals surface area contributed by atoms with Crippen molar-refractivity contribution in [2.24, 2.45) is 5.92 Å². The number of aromatic nitrogens is 1. The van der Waals surface area contributed by atoms with E-state index in [0.717, 1.165) is 12.3 Å². The molecule has 0 aromatic carbocycles. The van der Waals surface area contributed by atoms with E-state index in [4.69, 9.17) is 5.11 Å². The average Bonchev–Trinajstić information content (AvgIpc) is 2.25. The number of carboxylic acids is 1. The molecule has 6 heteroatoms. The fraction of sp³-hybridized carbons (Fsp3) is 0.364. The normalized spacial score (nSPS) is 12.2. The van der Waals surface area contributed by atoms with Crippen LogP contribution in [0, 0.1) is 11.9 Å². The molecule has 5 nitrogen and oxygen atoms in total. The van der Waals surface area contributed by atoms with Crippen LogP contribution in [0.2, 0.25) is 0 Å². The number of rotatable bonds is 4. The van der Waals surface area contributed by atoms with Gasteiger partial charge in [0.05, 0.1) is 5.56 Å². The zero-order valence-corrected chi connectivity index (χ0v) is 9.48. The summed E-state index contributed by atoms with van der Waals surface area (Å²) in [6.07, 6.45) is 1.06. The molecular formula is C11H13FN2O3. The number of hydrogen-bond donors (Lipinski definition) is 2. The number of amides is 1. The van der Waals surface area contributed by atoms with Gasteiger partial charge in [0, 0.05) is 6.20 Å². The molecule has 1 rings (SSSR count). The number of carboxylic acid groups (broad SMARTS) is 1. The molecule has 0 bridgehead atoms. The summed E-state index contributed by atoms with van der Waals surface area (Å²) < 4.78 is 12.5. The molecule has 0 saturated heterocycles. The summed E-state index contributed by atoms with van der Waals surface area (Å²) in [7, 11) is 0. The number of carbonyl (C=O) groups excluding carboxylic acids is 1. The number of pyridine rings is 1. The summed E-state index contributed by atoms with van der Waals surface area (Å²) in [5.41, 5.74) is 0.123. The fourth-order valence-corrected chi connectivity index (χ4v) is 1.25. The summed E-state index contributed by atoms with van der Waals surface area (Å²) >= 11 is 0. The SMILES string of the molecule is CC(C)[C@H](NC(=O)c1ccc(F)nc1)C(=O)O. The van der Waals surface area contributed by atoms with E-state index < -0.39 is 23.9 Å². The molecule has 1 aromatic rings. The molecule has 0 saturated carbocycles. The minimum atomic E-state index is -1.11. The van der Waals surface area contributed by atoms with Crippen molar-refractivity contribution >= 4 is 11.9 Å². The Morgan fingerprint density at radius 2 is 2.06 bits per heavy atom. The van der Waals surface area contributed by atoms with Gasteiger partial charge < -0.3 is 10.4 Å². The smallest absolute Gasteiger partial charge is 0.326 e. The van der Waals surface area contributed by atoms with Crippen LogP contribution < -0.4 is 5.32 Å². The molecule has 1 aromatic heterocycles. The Bertz CT molecular complexity index is 417. The monoisotopic (exact) mass is 240 g/mol. The second kappa shape index (κ2) is 5.38. The highest BCUT2D eigenvalue weighted by Gasteiger charge is 2.23. The highest BCUT2D eigenvalue weighted by molar-refractivity contribution is 5.96. The zero-order valence-electron chi connectivity index (χ0n) is 9.48. The Hall–Kier alpha value is -1.98. The highest BCUT2D eigenvalue weighted by Crippen LogP contribution is 2.05. The first-order chi connectivity index (χ1) is 7.91. The van der Waals surface area contributed by atoms with Crippen molar-refractivity contribution in [3.8, 4) is 0 Å². The van der Waals surface area contributed by atoms with Crippen molar-refractivity contribution in [1.82, 2.24) is 10.3 Å². The number of aliphatic carboxylic acids is 1. The van der Waals surface area contributed by atoms with Crippen molar-refractivity contribution in [2.45, 2.75) is 19.9 Å². The molecule has 17 heavy (non-hydrogen) atoms.